The van der Waals surface area contributed by atoms with Crippen molar-refractivity contribution in [2.75, 3.05) is 0 Å². The first kappa shape index (κ1) is 10.0. The Balaban J connectivity index is 1.67. The van der Waals surface area contributed by atoms with E-state index >= 15 is 0 Å². The van der Waals surface area contributed by atoms with Crippen molar-refractivity contribution in [2.24, 2.45) is 0 Å². The first-order chi connectivity index (χ1) is 35.3. The highest BCUT2D eigenvalue weighted by molar-refractivity contribution is 6.22. The normalized spacial score (nSPS) is 20.6. The molecule has 0 bridgehead atoms. The average Bonchev–Trinajstić information content (AvgIpc) is 3.38. The molecule has 0 aliphatic heterocycles. The van der Waals surface area contributed by atoms with E-state index in [-0.39, 0.29) is 0 Å². The summed E-state index contributed by atoms with van der Waals surface area (Å²) in [4.78, 5) is 0. The Labute approximate surface area is 311 Å². The second kappa shape index (κ2) is 10.9. The van der Waals surface area contributed by atoms with Gasteiger partial charge in [0.2, 0.25) is 0 Å². The Kier molecular flexibility index (Phi) is 2.37. The van der Waals surface area contributed by atoms with Crippen molar-refractivity contribution < 1.29 is 41.1 Å². The minimum absolute atomic E-state index is 0.640. The smallest absolute Gasteiger partial charge is 0.0622 e. The van der Waals surface area contributed by atoms with E-state index in [1.807, 2.05) is 0 Å². The zero-order valence-corrected chi connectivity index (χ0v) is 23.0. The molecule has 0 radical (unpaired) electrons. The van der Waals surface area contributed by atoms with Crippen LogP contribution in [0.1, 0.15) is 41.1 Å². The maximum Gasteiger partial charge on any atom is 0.0636 e. The van der Waals surface area contributed by atoms with E-state index in [2.05, 4.69) is 0 Å². The van der Waals surface area contributed by atoms with Crippen molar-refractivity contribution in [3.63, 3.8) is 0 Å². The molecule has 0 heterocycles. The Bertz CT molecular complexity index is 4210. The number of fused-ring (bicyclic) bond motifs is 4. The number of rotatable bonds is 4. The second-order valence-corrected chi connectivity index (χ2v) is 9.75. The van der Waals surface area contributed by atoms with Crippen molar-refractivity contribution >= 4 is 43.1 Å². The summed E-state index contributed by atoms with van der Waals surface area (Å²) in [7, 11) is 0. The highest BCUT2D eigenvalue weighted by atomic mass is 14.2. The van der Waals surface area contributed by atoms with Gasteiger partial charge in [0.15, 0.2) is 0 Å². The van der Waals surface area contributed by atoms with E-state index in [1.165, 1.54) is 0 Å². The summed E-state index contributed by atoms with van der Waals surface area (Å²) in [6.45, 7) is 0. The van der Waals surface area contributed by atoms with E-state index in [0.717, 1.165) is 0 Å². The summed E-state index contributed by atoms with van der Waals surface area (Å²) in [5, 5.41) is -6.19. The lowest BCUT2D eigenvalue weighted by molar-refractivity contribution is 1.61. The summed E-state index contributed by atoms with van der Waals surface area (Å²) < 4.78 is 270. The lowest BCUT2D eigenvalue weighted by Crippen LogP contribution is -1.92. The van der Waals surface area contributed by atoms with Gasteiger partial charge in [0, 0.05) is 0 Å². The van der Waals surface area contributed by atoms with Crippen LogP contribution >= 0.6 is 0 Å². The van der Waals surface area contributed by atoms with Gasteiger partial charge in [-0.15, -0.1) is 0 Å². The predicted octanol–water partition coefficient (Wildman–Crippen LogP) is 13.0. The monoisotopic (exact) mass is 612 g/mol. The van der Waals surface area contributed by atoms with Gasteiger partial charge < -0.3 is 0 Å². The zero-order chi connectivity index (χ0) is 56.6. The van der Waals surface area contributed by atoms with Gasteiger partial charge in [-0.25, -0.2) is 0 Å². The highest BCUT2D eigenvalue weighted by Crippen LogP contribution is 2.46. The molecular formula is C46H30. The molecule has 0 atom stereocenters. The van der Waals surface area contributed by atoms with E-state index in [0.29, 0.717) is 0 Å². The Morgan fingerprint density at radius 2 is 0.783 bits per heavy atom. The van der Waals surface area contributed by atoms with Gasteiger partial charge in [0.1, 0.15) is 0 Å². The standard InChI is InChI=1S/C46H30/c1-2-11-31(12-3-1)33-21-24-35(25-22-33)45-41-18-8-9-19-42(41)46(38-26-23-32-13-4-5-15-36(32)29-38)43-28-27-37(30-44(43)45)40-20-10-16-34-14-6-7-17-39(34)40/h1-30H/i1D,2D,3D,4D,5D,6D,7D,8D,9D,10D,11D,12D,13D,14D,15D,16D,17D,18D,19D,20D,21D,22D,23D,24D,25D,26D,27D,28D,29D,30D. The fourth-order valence-electron chi connectivity index (χ4n) is 5.19. The largest absolute Gasteiger partial charge is 0.0636 e. The number of hydrogen-bond acceptors (Lipinski definition) is 0. The molecule has 0 spiro atoms. The third kappa shape index (κ3) is 4.38. The van der Waals surface area contributed by atoms with Crippen LogP contribution < -0.4 is 0 Å². The van der Waals surface area contributed by atoms with Gasteiger partial charge >= 0.3 is 0 Å². The van der Waals surface area contributed by atoms with Crippen LogP contribution in [0.3, 0.4) is 0 Å². The molecule has 0 amide bonds. The Morgan fingerprint density at radius 3 is 1.57 bits per heavy atom. The molecule has 0 aliphatic carbocycles. The number of benzene rings is 9. The van der Waals surface area contributed by atoms with Crippen molar-refractivity contribution in [1.82, 2.24) is 0 Å². The molecule has 0 unspecified atom stereocenters. The maximum absolute atomic E-state index is 10.2. The van der Waals surface area contributed by atoms with E-state index in [1.54, 1.807) is 0 Å². The predicted molar refractivity (Wildman–Crippen MR) is 198 cm³/mol. The molecule has 0 saturated heterocycles. The second-order valence-electron chi connectivity index (χ2n) is 9.75. The van der Waals surface area contributed by atoms with E-state index in [4.69, 9.17) is 24.7 Å². The summed E-state index contributed by atoms with van der Waals surface area (Å²) in [5.74, 6) is 0. The van der Waals surface area contributed by atoms with Crippen LogP contribution in [0.2, 0.25) is 0 Å². The van der Waals surface area contributed by atoms with Crippen molar-refractivity contribution in [1.29, 1.82) is 0 Å². The SMILES string of the molecule is [2H]c1c([2H])c([2H])c(-c2c([2H])c([2H])c(-c3c4c([2H])c([2H])c([2H])c([2H])c4c(-c4c([2H])c([2H])c5c([2H])c([2H])c([2H])c([2H])c5c4[2H])c4c([2H])c([2H])c(-c5c([2H])c([2H])c([2H])c6c([2H])c([2H])c([2H])c([2H])c56)c([2H])c34)c([2H])c2[2H])c([2H])c1[2H]. The van der Waals surface area contributed by atoms with E-state index < -0.39 is 269 Å². The zero-order valence-electron chi connectivity index (χ0n) is 53.0. The Hall–Kier alpha value is -5.98. The maximum atomic E-state index is 10.2. The first-order valence-electron chi connectivity index (χ1n) is 28.5. The summed E-state index contributed by atoms with van der Waals surface area (Å²) in [5.41, 5.74) is -6.99. The molecule has 9 rings (SSSR count). The van der Waals surface area contributed by atoms with Gasteiger partial charge in [-0.2, -0.15) is 0 Å². The van der Waals surface area contributed by atoms with Crippen LogP contribution in [-0.4, -0.2) is 0 Å². The quantitative estimate of drug-likeness (QED) is 0.173. The van der Waals surface area contributed by atoms with Gasteiger partial charge in [0.05, 0.1) is 41.1 Å². The lowest BCUT2D eigenvalue weighted by atomic mass is 9.84. The average molecular weight is 613 g/mol. The third-order valence-corrected chi connectivity index (χ3v) is 7.19. The third-order valence-electron chi connectivity index (χ3n) is 7.19. The fourth-order valence-corrected chi connectivity index (χ4v) is 5.19. The highest BCUT2D eigenvalue weighted by Gasteiger charge is 2.18. The van der Waals surface area contributed by atoms with Gasteiger partial charge in [0.25, 0.3) is 0 Å². The Morgan fingerprint density at radius 1 is 0.261 bits per heavy atom. The molecule has 0 aliphatic rings. The van der Waals surface area contributed by atoms with E-state index in [9.17, 15) is 16.4 Å². The van der Waals surface area contributed by atoms with Crippen molar-refractivity contribution in [3.05, 3.63) is 181 Å². The first-order valence-corrected chi connectivity index (χ1v) is 13.5. The summed E-state index contributed by atoms with van der Waals surface area (Å²) in [6.07, 6.45) is 0. The topological polar surface area (TPSA) is 0 Å². The lowest BCUT2D eigenvalue weighted by Gasteiger charge is -2.19. The van der Waals surface area contributed by atoms with Crippen LogP contribution in [0.5, 0.6) is 0 Å². The number of hydrogen-bond donors (Lipinski definition) is 0. The fraction of sp³-hybridized carbons (Fsp3) is 0. The molecule has 0 fully saturated rings. The van der Waals surface area contributed by atoms with Crippen LogP contribution in [0.15, 0.2) is 181 Å². The molecule has 214 valence electrons. The molecular weight excluding hydrogens is 553 g/mol. The van der Waals surface area contributed by atoms with Gasteiger partial charge in [-0.3, -0.25) is 0 Å². The minimum Gasteiger partial charge on any atom is -0.0622 e. The van der Waals surface area contributed by atoms with Crippen molar-refractivity contribution in [2.45, 2.75) is 0 Å². The molecule has 9 aromatic rings. The molecule has 0 N–H and O–H groups in total. The molecule has 9 aromatic carbocycles. The van der Waals surface area contributed by atoms with Crippen LogP contribution in [0.25, 0.3) is 87.6 Å². The molecule has 0 nitrogen and oxygen atoms in total. The molecule has 0 saturated carbocycles. The summed E-state index contributed by atoms with van der Waals surface area (Å²) in [6, 6.07) is -30.1. The van der Waals surface area contributed by atoms with Crippen LogP contribution in [-0.2, 0) is 0 Å². The van der Waals surface area contributed by atoms with Crippen LogP contribution in [0, 0.1) is 0 Å². The van der Waals surface area contributed by atoms with Gasteiger partial charge in [-0.05, 0) is 99.7 Å². The van der Waals surface area contributed by atoms with Crippen molar-refractivity contribution in [3.8, 4) is 44.5 Å². The molecule has 0 heteroatoms. The van der Waals surface area contributed by atoms with Gasteiger partial charge in [-0.1, -0.05) is 169 Å². The van der Waals surface area contributed by atoms with Crippen LogP contribution in [0.4, 0.5) is 0 Å². The minimum atomic E-state index is -1.17. The molecule has 46 heavy (non-hydrogen) atoms. The molecule has 0 aromatic heterocycles. The summed E-state index contributed by atoms with van der Waals surface area (Å²) >= 11 is 0.